The van der Waals surface area contributed by atoms with Crippen molar-refractivity contribution < 1.29 is 5.11 Å². The first-order valence-corrected chi connectivity index (χ1v) is 4.63. The molecule has 0 aliphatic rings. The number of hydrogen-bond acceptors (Lipinski definition) is 2. The summed E-state index contributed by atoms with van der Waals surface area (Å²) < 4.78 is 1.62. The molecule has 0 radical (unpaired) electrons. The summed E-state index contributed by atoms with van der Waals surface area (Å²) in [5.74, 6) is 0.0386. The fourth-order valence-corrected chi connectivity index (χ4v) is 1.21. The molecule has 0 saturated heterocycles. The van der Waals surface area contributed by atoms with Crippen molar-refractivity contribution in [3.05, 3.63) is 28.7 Å². The molecule has 0 amide bonds. The summed E-state index contributed by atoms with van der Waals surface area (Å²) >= 11 is 0. The summed E-state index contributed by atoms with van der Waals surface area (Å²) in [7, 11) is 0. The summed E-state index contributed by atoms with van der Waals surface area (Å²) in [5, 5.41) is 9.00. The van der Waals surface area contributed by atoms with Crippen LogP contribution >= 0.6 is 0 Å². The average Bonchev–Trinajstić information content (AvgIpc) is 2.09. The Balaban J connectivity index is 2.62. The Kier molecular flexibility index (Phi) is 3.55. The molecule has 0 aliphatic carbocycles. The number of nitrogens with zero attached hydrogens (tertiary/aromatic N) is 1. The van der Waals surface area contributed by atoms with Crippen molar-refractivity contribution in [1.82, 2.24) is 4.57 Å². The van der Waals surface area contributed by atoms with Gasteiger partial charge < -0.3 is 9.67 Å². The highest BCUT2D eigenvalue weighted by Gasteiger charge is 1.95. The molecule has 1 heterocycles. The number of aromatic hydroxyl groups is 1. The summed E-state index contributed by atoms with van der Waals surface area (Å²) in [5.41, 5.74) is -0.129. The van der Waals surface area contributed by atoms with E-state index in [0.717, 1.165) is 25.8 Å². The third kappa shape index (κ3) is 2.93. The molecule has 72 valence electrons. The Bertz CT molecular complexity index is 317. The van der Waals surface area contributed by atoms with Gasteiger partial charge in [0.2, 0.25) is 0 Å². The Labute approximate surface area is 77.6 Å². The molecule has 1 rings (SSSR count). The normalized spacial score (nSPS) is 10.2. The number of pyridine rings is 1. The molecule has 1 N–H and O–H groups in total. The predicted octanol–water partition coefficient (Wildman–Crippen LogP) is 1.74. The molecule has 0 atom stereocenters. The van der Waals surface area contributed by atoms with Crippen molar-refractivity contribution in [2.24, 2.45) is 0 Å². The number of hydrogen-bond donors (Lipinski definition) is 1. The molecule has 13 heavy (non-hydrogen) atoms. The maximum atomic E-state index is 11.2. The molecule has 0 saturated carbocycles. The third-order valence-electron chi connectivity index (χ3n) is 1.98. The quantitative estimate of drug-likeness (QED) is 0.719. The summed E-state index contributed by atoms with van der Waals surface area (Å²) in [6.45, 7) is 2.87. The number of aryl methyl sites for hydroxylation is 1. The molecule has 0 spiro atoms. The first-order chi connectivity index (χ1) is 6.24. The van der Waals surface area contributed by atoms with E-state index in [0.29, 0.717) is 0 Å². The molecule has 1 aromatic heterocycles. The SMILES string of the molecule is CCCCCn1ccc(O)cc1=O. The Hall–Kier alpha value is -1.25. The van der Waals surface area contributed by atoms with Crippen LogP contribution in [-0.2, 0) is 6.54 Å². The van der Waals surface area contributed by atoms with Crippen LogP contribution in [0.3, 0.4) is 0 Å². The zero-order valence-corrected chi connectivity index (χ0v) is 7.86. The van der Waals surface area contributed by atoms with Gasteiger partial charge in [0.1, 0.15) is 5.75 Å². The Morgan fingerprint density at radius 2 is 2.23 bits per heavy atom. The van der Waals surface area contributed by atoms with Gasteiger partial charge in [-0.2, -0.15) is 0 Å². The van der Waals surface area contributed by atoms with E-state index in [-0.39, 0.29) is 11.3 Å². The second-order valence-corrected chi connectivity index (χ2v) is 3.12. The van der Waals surface area contributed by atoms with Crippen LogP contribution in [0.2, 0.25) is 0 Å². The average molecular weight is 181 g/mol. The van der Waals surface area contributed by atoms with Gasteiger partial charge in [0, 0.05) is 18.8 Å². The molecule has 0 unspecified atom stereocenters. The minimum absolute atomic E-state index is 0.0386. The molecule has 0 aromatic carbocycles. The van der Waals surface area contributed by atoms with E-state index in [9.17, 15) is 4.79 Å². The van der Waals surface area contributed by atoms with Crippen LogP contribution in [0.4, 0.5) is 0 Å². The fourth-order valence-electron chi connectivity index (χ4n) is 1.21. The molecule has 0 fully saturated rings. The minimum atomic E-state index is -0.129. The molecule has 0 bridgehead atoms. The fraction of sp³-hybridized carbons (Fsp3) is 0.500. The van der Waals surface area contributed by atoms with Gasteiger partial charge in [0.25, 0.3) is 5.56 Å². The van der Waals surface area contributed by atoms with Gasteiger partial charge >= 0.3 is 0 Å². The maximum absolute atomic E-state index is 11.2. The van der Waals surface area contributed by atoms with Crippen LogP contribution in [0.1, 0.15) is 26.2 Å². The molecular formula is C10H15NO2. The van der Waals surface area contributed by atoms with Crippen molar-refractivity contribution in [2.45, 2.75) is 32.7 Å². The highest BCUT2D eigenvalue weighted by atomic mass is 16.3. The zero-order chi connectivity index (χ0) is 9.68. The first-order valence-electron chi connectivity index (χ1n) is 4.63. The lowest BCUT2D eigenvalue weighted by atomic mass is 10.2. The molecule has 0 aliphatic heterocycles. The standard InChI is InChI=1S/C10H15NO2/c1-2-3-4-6-11-7-5-9(12)8-10(11)13/h5,7-8,12H,2-4,6H2,1H3. The van der Waals surface area contributed by atoms with Gasteiger partial charge in [-0.15, -0.1) is 0 Å². The van der Waals surface area contributed by atoms with Crippen LogP contribution in [0.25, 0.3) is 0 Å². The Morgan fingerprint density at radius 3 is 2.85 bits per heavy atom. The van der Waals surface area contributed by atoms with E-state index in [4.69, 9.17) is 5.11 Å². The number of unbranched alkanes of at least 4 members (excludes halogenated alkanes) is 2. The highest BCUT2D eigenvalue weighted by molar-refractivity contribution is 5.15. The Morgan fingerprint density at radius 1 is 1.46 bits per heavy atom. The van der Waals surface area contributed by atoms with Gasteiger partial charge in [-0.3, -0.25) is 4.79 Å². The second-order valence-electron chi connectivity index (χ2n) is 3.12. The van der Waals surface area contributed by atoms with Crippen LogP contribution in [-0.4, -0.2) is 9.67 Å². The number of aromatic nitrogens is 1. The lowest BCUT2D eigenvalue weighted by Crippen LogP contribution is -2.17. The minimum Gasteiger partial charge on any atom is -0.508 e. The summed E-state index contributed by atoms with van der Waals surface area (Å²) in [6, 6.07) is 2.78. The van der Waals surface area contributed by atoms with E-state index in [1.165, 1.54) is 12.1 Å². The van der Waals surface area contributed by atoms with E-state index in [1.54, 1.807) is 10.8 Å². The van der Waals surface area contributed by atoms with Gasteiger partial charge in [-0.1, -0.05) is 19.8 Å². The lowest BCUT2D eigenvalue weighted by molar-refractivity contribution is 0.469. The predicted molar refractivity (Wildman–Crippen MR) is 51.9 cm³/mol. The largest absolute Gasteiger partial charge is 0.508 e. The van der Waals surface area contributed by atoms with Gasteiger partial charge in [-0.25, -0.2) is 0 Å². The topological polar surface area (TPSA) is 42.2 Å². The molecule has 3 nitrogen and oxygen atoms in total. The smallest absolute Gasteiger partial charge is 0.254 e. The lowest BCUT2D eigenvalue weighted by Gasteiger charge is -2.03. The zero-order valence-electron chi connectivity index (χ0n) is 7.86. The first kappa shape index (κ1) is 9.84. The van der Waals surface area contributed by atoms with E-state index in [1.807, 2.05) is 0 Å². The van der Waals surface area contributed by atoms with E-state index >= 15 is 0 Å². The van der Waals surface area contributed by atoms with Crippen LogP contribution in [0.5, 0.6) is 5.75 Å². The van der Waals surface area contributed by atoms with Crippen molar-refractivity contribution in [1.29, 1.82) is 0 Å². The summed E-state index contributed by atoms with van der Waals surface area (Å²) in [4.78, 5) is 11.2. The van der Waals surface area contributed by atoms with Crippen molar-refractivity contribution >= 4 is 0 Å². The van der Waals surface area contributed by atoms with Gasteiger partial charge in [0.05, 0.1) is 0 Å². The number of rotatable bonds is 4. The van der Waals surface area contributed by atoms with Gasteiger partial charge in [-0.05, 0) is 12.5 Å². The summed E-state index contributed by atoms with van der Waals surface area (Å²) in [6.07, 6.45) is 4.93. The second kappa shape index (κ2) is 4.70. The van der Waals surface area contributed by atoms with Crippen LogP contribution < -0.4 is 5.56 Å². The third-order valence-corrected chi connectivity index (χ3v) is 1.98. The van der Waals surface area contributed by atoms with Gasteiger partial charge in [0.15, 0.2) is 0 Å². The van der Waals surface area contributed by atoms with Crippen LogP contribution in [0, 0.1) is 0 Å². The van der Waals surface area contributed by atoms with Crippen molar-refractivity contribution in [2.75, 3.05) is 0 Å². The van der Waals surface area contributed by atoms with E-state index < -0.39 is 0 Å². The molecule has 3 heteroatoms. The maximum Gasteiger partial charge on any atom is 0.254 e. The van der Waals surface area contributed by atoms with Crippen LogP contribution in [0.15, 0.2) is 23.1 Å². The monoisotopic (exact) mass is 181 g/mol. The molecule has 1 aromatic rings. The van der Waals surface area contributed by atoms with Crippen molar-refractivity contribution in [3.8, 4) is 5.75 Å². The van der Waals surface area contributed by atoms with Crippen molar-refractivity contribution in [3.63, 3.8) is 0 Å². The van der Waals surface area contributed by atoms with E-state index in [2.05, 4.69) is 6.92 Å². The molecular weight excluding hydrogens is 166 g/mol. The highest BCUT2D eigenvalue weighted by Crippen LogP contribution is 2.02.